The molecule has 0 aromatic heterocycles. The number of nitro groups is 1. The maximum atomic E-state index is 10.9. The number of rotatable bonds is 7. The number of nitrogens with zero attached hydrogens (tertiary/aromatic N) is 2. The molecule has 1 saturated heterocycles. The summed E-state index contributed by atoms with van der Waals surface area (Å²) in [5.74, 6) is 0.522. The van der Waals surface area contributed by atoms with Crippen molar-refractivity contribution >= 4 is 5.69 Å². The number of nitrogens with one attached hydrogen (secondary N) is 1. The normalized spacial score (nSPS) is 16.9. The van der Waals surface area contributed by atoms with Crippen LogP contribution in [0.25, 0.3) is 0 Å². The third-order valence-corrected chi connectivity index (χ3v) is 3.93. The topological polar surface area (TPSA) is 67.6 Å². The van der Waals surface area contributed by atoms with E-state index in [9.17, 15) is 10.1 Å². The minimum Gasteiger partial charge on any atom is -0.496 e. The fourth-order valence-electron chi connectivity index (χ4n) is 2.71. The molecule has 2 rings (SSSR count). The lowest BCUT2D eigenvalue weighted by Crippen LogP contribution is -2.38. The van der Waals surface area contributed by atoms with Gasteiger partial charge < -0.3 is 10.1 Å². The Balaban J connectivity index is 1.89. The van der Waals surface area contributed by atoms with Crippen molar-refractivity contribution in [2.75, 3.05) is 26.7 Å². The Kier molecular flexibility index (Phi) is 5.52. The van der Waals surface area contributed by atoms with Crippen LogP contribution in [-0.2, 0) is 6.54 Å². The molecule has 6 heteroatoms. The first kappa shape index (κ1) is 15.7. The predicted molar refractivity (Wildman–Crippen MR) is 81.6 cm³/mol. The number of non-ortho nitro benzene ring substituents is 1. The zero-order valence-electron chi connectivity index (χ0n) is 12.7. The first-order chi connectivity index (χ1) is 10.1. The number of hydrogen-bond donors (Lipinski definition) is 1. The quantitative estimate of drug-likeness (QED) is 0.616. The van der Waals surface area contributed by atoms with Crippen molar-refractivity contribution in [3.8, 4) is 5.75 Å². The van der Waals surface area contributed by atoms with E-state index in [-0.39, 0.29) is 5.69 Å². The van der Waals surface area contributed by atoms with Crippen molar-refractivity contribution in [1.82, 2.24) is 10.2 Å². The average Bonchev–Trinajstić information content (AvgIpc) is 3.01. The number of ether oxygens (including phenoxy) is 1. The first-order valence-corrected chi connectivity index (χ1v) is 7.37. The number of hydrogen-bond acceptors (Lipinski definition) is 5. The predicted octanol–water partition coefficient (Wildman–Crippen LogP) is 2.18. The van der Waals surface area contributed by atoms with Crippen molar-refractivity contribution in [2.45, 2.75) is 32.4 Å². The second-order valence-electron chi connectivity index (χ2n) is 5.52. The number of likely N-dealkylation sites (tertiary alicyclic amines) is 1. The third-order valence-electron chi connectivity index (χ3n) is 3.93. The van der Waals surface area contributed by atoms with Gasteiger partial charge >= 0.3 is 0 Å². The maximum Gasteiger partial charge on any atom is 0.273 e. The van der Waals surface area contributed by atoms with Crippen LogP contribution in [0.2, 0.25) is 0 Å². The summed E-state index contributed by atoms with van der Waals surface area (Å²) < 4.78 is 5.11. The van der Waals surface area contributed by atoms with Crippen LogP contribution in [0.15, 0.2) is 18.2 Å². The van der Waals surface area contributed by atoms with Crippen LogP contribution >= 0.6 is 0 Å². The Morgan fingerprint density at radius 1 is 1.38 bits per heavy atom. The highest BCUT2D eigenvalue weighted by Crippen LogP contribution is 2.22. The number of nitro benzene ring substituents is 1. The summed E-state index contributed by atoms with van der Waals surface area (Å²) in [4.78, 5) is 13.0. The lowest BCUT2D eigenvalue weighted by molar-refractivity contribution is -0.385. The Labute approximate surface area is 125 Å². The van der Waals surface area contributed by atoms with E-state index >= 15 is 0 Å². The van der Waals surface area contributed by atoms with E-state index in [1.807, 2.05) is 6.07 Å². The second-order valence-corrected chi connectivity index (χ2v) is 5.52. The van der Waals surface area contributed by atoms with E-state index in [1.54, 1.807) is 6.07 Å². The second kappa shape index (κ2) is 7.38. The molecule has 1 unspecified atom stereocenters. The molecule has 0 spiro atoms. The Bertz CT molecular complexity index is 487. The molecule has 1 aromatic carbocycles. The van der Waals surface area contributed by atoms with Gasteiger partial charge in [-0.1, -0.05) is 0 Å². The van der Waals surface area contributed by atoms with Gasteiger partial charge in [0.05, 0.1) is 18.1 Å². The van der Waals surface area contributed by atoms with E-state index < -0.39 is 4.92 Å². The van der Waals surface area contributed by atoms with Crippen molar-refractivity contribution in [3.05, 3.63) is 33.9 Å². The highest BCUT2D eigenvalue weighted by molar-refractivity contribution is 5.42. The number of methoxy groups -OCH3 is 1. The molecule has 0 aliphatic carbocycles. The van der Waals surface area contributed by atoms with Crippen molar-refractivity contribution in [2.24, 2.45) is 0 Å². The van der Waals surface area contributed by atoms with Gasteiger partial charge in [0.25, 0.3) is 5.69 Å². The SMILES string of the molecule is COc1cc(CNCC(C)N2CCCC2)cc([N+](=O)[O-])c1. The van der Waals surface area contributed by atoms with Crippen LogP contribution in [0, 0.1) is 10.1 Å². The van der Waals surface area contributed by atoms with E-state index in [2.05, 4.69) is 17.1 Å². The molecule has 21 heavy (non-hydrogen) atoms. The molecule has 6 nitrogen and oxygen atoms in total. The van der Waals surface area contributed by atoms with Crippen molar-refractivity contribution in [1.29, 1.82) is 0 Å². The monoisotopic (exact) mass is 293 g/mol. The lowest BCUT2D eigenvalue weighted by Gasteiger charge is -2.24. The van der Waals surface area contributed by atoms with Gasteiger partial charge in [-0.05, 0) is 44.5 Å². The molecule has 1 aromatic rings. The van der Waals surface area contributed by atoms with Gasteiger partial charge in [-0.25, -0.2) is 0 Å². The molecule has 1 aliphatic rings. The molecule has 0 bridgehead atoms. The molecule has 1 aliphatic heterocycles. The highest BCUT2D eigenvalue weighted by Gasteiger charge is 2.17. The van der Waals surface area contributed by atoms with Gasteiger partial charge in [-0.15, -0.1) is 0 Å². The summed E-state index contributed by atoms with van der Waals surface area (Å²) in [6.07, 6.45) is 2.57. The van der Waals surface area contributed by atoms with Crippen LogP contribution < -0.4 is 10.1 Å². The third kappa shape index (κ3) is 4.41. The maximum absolute atomic E-state index is 10.9. The minimum atomic E-state index is -0.390. The largest absolute Gasteiger partial charge is 0.496 e. The summed E-state index contributed by atoms with van der Waals surface area (Å²) in [5.41, 5.74) is 0.938. The van der Waals surface area contributed by atoms with E-state index in [4.69, 9.17) is 4.74 Å². The van der Waals surface area contributed by atoms with Crippen LogP contribution in [0.4, 0.5) is 5.69 Å². The van der Waals surface area contributed by atoms with Crippen molar-refractivity contribution in [3.63, 3.8) is 0 Å². The molecule has 1 N–H and O–H groups in total. The molecule has 0 amide bonds. The Morgan fingerprint density at radius 2 is 2.10 bits per heavy atom. The summed E-state index contributed by atoms with van der Waals surface area (Å²) in [6, 6.07) is 5.36. The molecule has 1 atom stereocenters. The fourth-order valence-corrected chi connectivity index (χ4v) is 2.71. The highest BCUT2D eigenvalue weighted by atomic mass is 16.6. The molecule has 0 saturated carbocycles. The summed E-state index contributed by atoms with van der Waals surface area (Å²) in [6.45, 7) is 6.05. The van der Waals surface area contributed by atoms with Crippen LogP contribution in [0.5, 0.6) is 5.75 Å². The Morgan fingerprint density at radius 3 is 2.71 bits per heavy atom. The zero-order chi connectivity index (χ0) is 15.2. The minimum absolute atomic E-state index is 0.0683. The molecule has 116 valence electrons. The molecular weight excluding hydrogens is 270 g/mol. The van der Waals surface area contributed by atoms with Crippen molar-refractivity contribution < 1.29 is 9.66 Å². The van der Waals surface area contributed by atoms with Crippen LogP contribution in [0.3, 0.4) is 0 Å². The summed E-state index contributed by atoms with van der Waals surface area (Å²) in [7, 11) is 1.52. The first-order valence-electron chi connectivity index (χ1n) is 7.37. The molecule has 0 radical (unpaired) electrons. The van der Waals surface area contributed by atoms with E-state index in [0.29, 0.717) is 18.3 Å². The smallest absolute Gasteiger partial charge is 0.273 e. The number of benzene rings is 1. The fraction of sp³-hybridized carbons (Fsp3) is 0.600. The molecular formula is C15H23N3O3. The van der Waals surface area contributed by atoms with Crippen LogP contribution in [0.1, 0.15) is 25.3 Å². The van der Waals surface area contributed by atoms with Gasteiger partial charge in [0.2, 0.25) is 0 Å². The van der Waals surface area contributed by atoms with Gasteiger partial charge in [0, 0.05) is 25.2 Å². The van der Waals surface area contributed by atoms with Gasteiger partial charge in [0.1, 0.15) is 5.75 Å². The van der Waals surface area contributed by atoms with E-state index in [1.165, 1.54) is 39.1 Å². The standard InChI is InChI=1S/C15H23N3O3/c1-12(17-5-3-4-6-17)10-16-11-13-7-14(18(19)20)9-15(8-13)21-2/h7-9,12,16H,3-6,10-11H2,1-2H3. The average molecular weight is 293 g/mol. The van der Waals surface area contributed by atoms with Gasteiger partial charge in [-0.2, -0.15) is 0 Å². The summed E-state index contributed by atoms with van der Waals surface area (Å²) >= 11 is 0. The zero-order valence-corrected chi connectivity index (χ0v) is 12.7. The molecule has 1 heterocycles. The summed E-state index contributed by atoms with van der Waals surface area (Å²) in [5, 5.41) is 14.3. The van der Waals surface area contributed by atoms with Gasteiger partial charge in [0.15, 0.2) is 0 Å². The molecule has 1 fully saturated rings. The Hall–Kier alpha value is -1.66. The van der Waals surface area contributed by atoms with E-state index in [0.717, 1.165) is 12.1 Å². The van der Waals surface area contributed by atoms with Crippen LogP contribution in [-0.4, -0.2) is 42.6 Å². The van der Waals surface area contributed by atoms with Gasteiger partial charge in [-0.3, -0.25) is 15.0 Å². The lowest BCUT2D eigenvalue weighted by atomic mass is 10.2.